The molecule has 1 aliphatic rings. The Morgan fingerprint density at radius 2 is 2.08 bits per heavy atom. The van der Waals surface area contributed by atoms with E-state index in [1.165, 1.54) is 13.3 Å². The summed E-state index contributed by atoms with van der Waals surface area (Å²) < 4.78 is 0. The topological polar surface area (TPSA) is 62.3 Å². The lowest BCUT2D eigenvalue weighted by molar-refractivity contribution is -0.139. The fourth-order valence-electron chi connectivity index (χ4n) is 3.33. The molecule has 1 saturated carbocycles. The van der Waals surface area contributed by atoms with Gasteiger partial charge in [-0.05, 0) is 25.3 Å². The van der Waals surface area contributed by atoms with E-state index in [-0.39, 0.29) is 17.9 Å². The van der Waals surface area contributed by atoms with Crippen LogP contribution in [0.5, 0.6) is 0 Å². The quantitative estimate of drug-likeness (QED) is 0.834. The third kappa shape index (κ3) is 5.05. The van der Waals surface area contributed by atoms with Gasteiger partial charge in [-0.3, -0.25) is 14.6 Å². The van der Waals surface area contributed by atoms with Gasteiger partial charge in [-0.2, -0.15) is 0 Å². The number of pyridine rings is 1. The zero-order chi connectivity index (χ0) is 17.4. The summed E-state index contributed by atoms with van der Waals surface area (Å²) in [6, 6.07) is 3.32. The van der Waals surface area contributed by atoms with E-state index >= 15 is 0 Å². The molecule has 2 rings (SSSR count). The van der Waals surface area contributed by atoms with Gasteiger partial charge in [-0.15, -0.1) is 0 Å². The Morgan fingerprint density at radius 3 is 2.67 bits per heavy atom. The number of rotatable bonds is 7. The SMILES string of the molecule is CCCCN(C(C)=O)C(C(=O)NC1CCCCC1)c1cccnc1. The first-order valence-corrected chi connectivity index (χ1v) is 9.11. The molecular weight excluding hydrogens is 302 g/mol. The maximum absolute atomic E-state index is 13.0. The smallest absolute Gasteiger partial charge is 0.247 e. The number of nitrogens with one attached hydrogen (secondary N) is 1. The van der Waals surface area contributed by atoms with Gasteiger partial charge in [0.15, 0.2) is 0 Å². The molecule has 5 heteroatoms. The molecule has 0 aromatic carbocycles. The maximum Gasteiger partial charge on any atom is 0.247 e. The molecule has 132 valence electrons. The number of aromatic nitrogens is 1. The number of amides is 2. The van der Waals surface area contributed by atoms with E-state index in [2.05, 4.69) is 17.2 Å². The largest absolute Gasteiger partial charge is 0.351 e. The summed E-state index contributed by atoms with van der Waals surface area (Å²) in [4.78, 5) is 31.0. The fraction of sp³-hybridized carbons (Fsp3) is 0.632. The van der Waals surface area contributed by atoms with Crippen LogP contribution in [0, 0.1) is 0 Å². The highest BCUT2D eigenvalue weighted by Gasteiger charge is 2.31. The van der Waals surface area contributed by atoms with Crippen molar-refractivity contribution in [3.05, 3.63) is 30.1 Å². The summed E-state index contributed by atoms with van der Waals surface area (Å²) in [6.07, 6.45) is 10.9. The van der Waals surface area contributed by atoms with E-state index in [0.29, 0.717) is 6.54 Å². The summed E-state index contributed by atoms with van der Waals surface area (Å²) >= 11 is 0. The molecule has 0 saturated heterocycles. The maximum atomic E-state index is 13.0. The van der Waals surface area contributed by atoms with Crippen molar-refractivity contribution < 1.29 is 9.59 Å². The number of unbranched alkanes of at least 4 members (excludes halogenated alkanes) is 1. The molecule has 2 amide bonds. The van der Waals surface area contributed by atoms with E-state index in [9.17, 15) is 9.59 Å². The number of carbonyl (C=O) groups is 2. The normalized spacial score (nSPS) is 16.4. The van der Waals surface area contributed by atoms with Crippen LogP contribution in [0.4, 0.5) is 0 Å². The molecule has 24 heavy (non-hydrogen) atoms. The van der Waals surface area contributed by atoms with Gasteiger partial charge in [0.1, 0.15) is 6.04 Å². The molecule has 1 unspecified atom stereocenters. The van der Waals surface area contributed by atoms with Gasteiger partial charge < -0.3 is 10.2 Å². The first-order valence-electron chi connectivity index (χ1n) is 9.11. The second kappa shape index (κ2) is 9.40. The van der Waals surface area contributed by atoms with Crippen molar-refractivity contribution in [2.24, 2.45) is 0 Å². The molecule has 1 heterocycles. The first kappa shape index (κ1) is 18.4. The van der Waals surface area contributed by atoms with Crippen LogP contribution >= 0.6 is 0 Å². The Balaban J connectivity index is 2.20. The van der Waals surface area contributed by atoms with Crippen molar-refractivity contribution in [3.8, 4) is 0 Å². The Hall–Kier alpha value is -1.91. The number of hydrogen-bond donors (Lipinski definition) is 1. The van der Waals surface area contributed by atoms with E-state index in [1.54, 1.807) is 17.3 Å². The van der Waals surface area contributed by atoms with Crippen molar-refractivity contribution >= 4 is 11.8 Å². The molecular formula is C19H29N3O2. The van der Waals surface area contributed by atoms with Gasteiger partial charge in [0, 0.05) is 37.5 Å². The van der Waals surface area contributed by atoms with Crippen LogP contribution in [0.2, 0.25) is 0 Å². The van der Waals surface area contributed by atoms with Gasteiger partial charge in [-0.1, -0.05) is 38.7 Å². The highest BCUT2D eigenvalue weighted by atomic mass is 16.2. The van der Waals surface area contributed by atoms with Crippen molar-refractivity contribution in [3.63, 3.8) is 0 Å². The second-order valence-corrected chi connectivity index (χ2v) is 6.60. The Bertz CT molecular complexity index is 527. The van der Waals surface area contributed by atoms with Gasteiger partial charge >= 0.3 is 0 Å². The number of hydrogen-bond acceptors (Lipinski definition) is 3. The predicted octanol–water partition coefficient (Wildman–Crippen LogP) is 3.22. The average Bonchev–Trinajstić information content (AvgIpc) is 2.59. The minimum Gasteiger partial charge on any atom is -0.351 e. The highest BCUT2D eigenvalue weighted by molar-refractivity contribution is 5.88. The lowest BCUT2D eigenvalue weighted by atomic mass is 9.95. The monoisotopic (exact) mass is 331 g/mol. The van der Waals surface area contributed by atoms with Crippen molar-refractivity contribution in [1.82, 2.24) is 15.2 Å². The van der Waals surface area contributed by atoms with Crippen LogP contribution in [0.1, 0.15) is 70.4 Å². The third-order valence-corrected chi connectivity index (χ3v) is 4.67. The summed E-state index contributed by atoms with van der Waals surface area (Å²) in [6.45, 7) is 4.20. The van der Waals surface area contributed by atoms with E-state index < -0.39 is 6.04 Å². The summed E-state index contributed by atoms with van der Waals surface area (Å²) in [7, 11) is 0. The standard InChI is InChI=1S/C19H29N3O2/c1-3-4-13-22(15(2)23)18(16-9-8-12-20-14-16)19(24)21-17-10-6-5-7-11-17/h8-9,12,14,17-18H,3-7,10-11,13H2,1-2H3,(H,21,24). The first-order chi connectivity index (χ1) is 11.6. The molecule has 1 fully saturated rings. The molecule has 1 aromatic heterocycles. The Kier molecular flexibility index (Phi) is 7.22. The molecule has 5 nitrogen and oxygen atoms in total. The third-order valence-electron chi connectivity index (χ3n) is 4.67. The number of nitrogens with zero attached hydrogens (tertiary/aromatic N) is 2. The van der Waals surface area contributed by atoms with E-state index in [1.807, 2.05) is 12.1 Å². The zero-order valence-electron chi connectivity index (χ0n) is 14.8. The Labute approximate surface area is 144 Å². The molecule has 0 bridgehead atoms. The summed E-state index contributed by atoms with van der Waals surface area (Å²) in [5, 5.41) is 3.17. The fourth-order valence-corrected chi connectivity index (χ4v) is 3.33. The van der Waals surface area contributed by atoms with Crippen LogP contribution in [0.15, 0.2) is 24.5 Å². The van der Waals surface area contributed by atoms with Crippen molar-refractivity contribution in [2.75, 3.05) is 6.54 Å². The molecule has 1 aliphatic carbocycles. The average molecular weight is 331 g/mol. The second-order valence-electron chi connectivity index (χ2n) is 6.60. The van der Waals surface area contributed by atoms with Crippen LogP contribution in [0.25, 0.3) is 0 Å². The minimum absolute atomic E-state index is 0.0731. The van der Waals surface area contributed by atoms with Crippen LogP contribution in [0.3, 0.4) is 0 Å². The molecule has 1 N–H and O–H groups in total. The zero-order valence-corrected chi connectivity index (χ0v) is 14.8. The summed E-state index contributed by atoms with van der Waals surface area (Å²) in [5.41, 5.74) is 0.775. The highest BCUT2D eigenvalue weighted by Crippen LogP contribution is 2.24. The molecule has 1 atom stereocenters. The molecule has 0 spiro atoms. The molecule has 1 aromatic rings. The molecule has 0 aliphatic heterocycles. The number of carbonyl (C=O) groups excluding carboxylic acids is 2. The lowest BCUT2D eigenvalue weighted by Gasteiger charge is -2.32. The van der Waals surface area contributed by atoms with Crippen molar-refractivity contribution in [2.45, 2.75) is 70.9 Å². The van der Waals surface area contributed by atoms with Crippen LogP contribution in [-0.2, 0) is 9.59 Å². The minimum atomic E-state index is -0.593. The van der Waals surface area contributed by atoms with Crippen LogP contribution < -0.4 is 5.32 Å². The van der Waals surface area contributed by atoms with Gasteiger partial charge in [0.05, 0.1) is 0 Å². The lowest BCUT2D eigenvalue weighted by Crippen LogP contribution is -2.46. The Morgan fingerprint density at radius 1 is 1.33 bits per heavy atom. The van der Waals surface area contributed by atoms with E-state index in [4.69, 9.17) is 0 Å². The van der Waals surface area contributed by atoms with E-state index in [0.717, 1.165) is 44.1 Å². The van der Waals surface area contributed by atoms with Crippen molar-refractivity contribution in [1.29, 1.82) is 0 Å². The van der Waals surface area contributed by atoms with Gasteiger partial charge in [0.25, 0.3) is 0 Å². The summed E-state index contributed by atoms with van der Waals surface area (Å²) in [5.74, 6) is -0.155. The van der Waals surface area contributed by atoms with Gasteiger partial charge in [0.2, 0.25) is 11.8 Å². The predicted molar refractivity (Wildman–Crippen MR) is 94.3 cm³/mol. The molecule has 0 radical (unpaired) electrons. The van der Waals surface area contributed by atoms with Crippen LogP contribution in [-0.4, -0.2) is 34.3 Å². The van der Waals surface area contributed by atoms with Gasteiger partial charge in [-0.25, -0.2) is 0 Å².